The highest BCUT2D eigenvalue weighted by atomic mass is 32.1. The largest absolute Gasteiger partial charge is 0.493 e. The predicted octanol–water partition coefficient (Wildman–Crippen LogP) is 4.14. The number of hydrogen-bond acceptors (Lipinski definition) is 8. The Morgan fingerprint density at radius 1 is 1.14 bits per heavy atom. The van der Waals surface area contributed by atoms with E-state index in [2.05, 4.69) is 12.6 Å². The van der Waals surface area contributed by atoms with E-state index in [-0.39, 0.29) is 0 Å². The van der Waals surface area contributed by atoms with Crippen molar-refractivity contribution >= 4 is 27.4 Å². The van der Waals surface area contributed by atoms with E-state index in [4.69, 9.17) is 24.2 Å². The van der Waals surface area contributed by atoms with Gasteiger partial charge in [-0.25, -0.2) is 9.97 Å². The van der Waals surface area contributed by atoms with Crippen LogP contribution in [0.3, 0.4) is 0 Å². The number of benzene rings is 1. The van der Waals surface area contributed by atoms with Crippen LogP contribution >= 0.6 is 11.3 Å². The minimum atomic E-state index is 0.487. The molecule has 0 unspecified atom stereocenters. The smallest absolute Gasteiger partial charge is 0.203 e. The van der Waals surface area contributed by atoms with Gasteiger partial charge in [-0.2, -0.15) is 5.26 Å². The molecule has 0 saturated heterocycles. The maximum Gasteiger partial charge on any atom is 0.203 e. The second-order valence-corrected chi connectivity index (χ2v) is 6.93. The summed E-state index contributed by atoms with van der Waals surface area (Å²) in [4.78, 5) is 12.6. The summed E-state index contributed by atoms with van der Waals surface area (Å²) >= 11 is 1.34. The second-order valence-electron chi connectivity index (χ2n) is 5.93. The number of nitrogens with zero attached hydrogens (tertiary/aromatic N) is 4. The van der Waals surface area contributed by atoms with Crippen molar-refractivity contribution in [3.8, 4) is 34.7 Å². The third-order valence-electron chi connectivity index (χ3n) is 4.40. The lowest BCUT2D eigenvalue weighted by Gasteiger charge is -2.17. The van der Waals surface area contributed by atoms with Crippen molar-refractivity contribution < 1.29 is 14.2 Å². The molecule has 7 nitrogen and oxygen atoms in total. The first-order valence-electron chi connectivity index (χ1n) is 8.36. The number of fused-ring (bicyclic) bond motifs is 1. The van der Waals surface area contributed by atoms with Crippen LogP contribution < -0.4 is 19.1 Å². The number of methoxy groups -OCH3 is 3. The fourth-order valence-corrected chi connectivity index (χ4v) is 3.88. The summed E-state index contributed by atoms with van der Waals surface area (Å²) in [6, 6.07) is 5.82. The molecule has 0 aliphatic rings. The summed E-state index contributed by atoms with van der Waals surface area (Å²) < 4.78 is 16.3. The van der Waals surface area contributed by atoms with E-state index in [1.807, 2.05) is 18.9 Å². The van der Waals surface area contributed by atoms with Gasteiger partial charge in [0.1, 0.15) is 21.6 Å². The molecule has 3 aromatic rings. The Kier molecular flexibility index (Phi) is 5.38. The van der Waals surface area contributed by atoms with E-state index in [1.54, 1.807) is 39.7 Å². The average molecular weight is 396 g/mol. The van der Waals surface area contributed by atoms with E-state index in [9.17, 15) is 5.26 Å². The van der Waals surface area contributed by atoms with Gasteiger partial charge in [0.25, 0.3) is 0 Å². The fraction of sp³-hybridized carbons (Fsp3) is 0.250. The first-order chi connectivity index (χ1) is 13.5. The third kappa shape index (κ3) is 3.10. The molecule has 0 amide bonds. The van der Waals surface area contributed by atoms with Gasteiger partial charge in [-0.1, -0.05) is 6.58 Å². The van der Waals surface area contributed by atoms with Crippen molar-refractivity contribution in [2.75, 3.05) is 33.3 Å². The molecule has 0 radical (unpaired) electrons. The van der Waals surface area contributed by atoms with Gasteiger partial charge in [0.15, 0.2) is 17.3 Å². The Balaban J connectivity index is 2.33. The van der Waals surface area contributed by atoms with Gasteiger partial charge in [-0.05, 0) is 30.8 Å². The van der Waals surface area contributed by atoms with Crippen molar-refractivity contribution in [2.24, 2.45) is 0 Å². The first-order valence-corrected chi connectivity index (χ1v) is 9.17. The molecule has 0 fully saturated rings. The SMILES string of the molecule is C=CN(C)c1nc(-c2cc(OC)c(OC)c(OC)c2)nc2sc(C#N)c(C)c12. The van der Waals surface area contributed by atoms with E-state index < -0.39 is 0 Å². The van der Waals surface area contributed by atoms with Gasteiger partial charge in [-0.15, -0.1) is 11.3 Å². The van der Waals surface area contributed by atoms with Crippen molar-refractivity contribution in [1.82, 2.24) is 9.97 Å². The van der Waals surface area contributed by atoms with Crippen LogP contribution in [-0.2, 0) is 0 Å². The van der Waals surface area contributed by atoms with Gasteiger partial charge >= 0.3 is 0 Å². The number of rotatable bonds is 6. The summed E-state index contributed by atoms with van der Waals surface area (Å²) in [6.07, 6.45) is 1.67. The lowest BCUT2D eigenvalue weighted by Crippen LogP contribution is -2.11. The number of aryl methyl sites for hydroxylation is 1. The molecule has 2 aromatic heterocycles. The van der Waals surface area contributed by atoms with Crippen molar-refractivity contribution in [2.45, 2.75) is 6.92 Å². The van der Waals surface area contributed by atoms with Crippen LogP contribution in [0.2, 0.25) is 0 Å². The van der Waals surface area contributed by atoms with Gasteiger partial charge < -0.3 is 19.1 Å². The van der Waals surface area contributed by atoms with Crippen molar-refractivity contribution in [1.29, 1.82) is 5.26 Å². The number of anilines is 1. The molecular weight excluding hydrogens is 376 g/mol. The number of aromatic nitrogens is 2. The molecule has 0 saturated carbocycles. The van der Waals surface area contributed by atoms with Crippen molar-refractivity contribution in [3.63, 3.8) is 0 Å². The molecule has 0 atom stereocenters. The molecule has 28 heavy (non-hydrogen) atoms. The zero-order chi connectivity index (χ0) is 20.4. The molecule has 0 aliphatic heterocycles. The third-order valence-corrected chi connectivity index (χ3v) is 5.49. The Bertz CT molecular complexity index is 1080. The number of nitriles is 1. The van der Waals surface area contributed by atoms with Crippen LogP contribution in [0.25, 0.3) is 21.6 Å². The number of ether oxygens (including phenoxy) is 3. The number of thiophene rings is 1. The molecule has 1 aromatic carbocycles. The predicted molar refractivity (Wildman–Crippen MR) is 111 cm³/mol. The molecule has 0 spiro atoms. The molecule has 0 N–H and O–H groups in total. The summed E-state index contributed by atoms with van der Waals surface area (Å²) in [5, 5.41) is 10.3. The monoisotopic (exact) mass is 396 g/mol. The van der Waals surface area contributed by atoms with E-state index >= 15 is 0 Å². The van der Waals surface area contributed by atoms with E-state index in [1.165, 1.54) is 11.3 Å². The summed E-state index contributed by atoms with van der Waals surface area (Å²) in [7, 11) is 6.53. The first kappa shape index (κ1) is 19.5. The minimum absolute atomic E-state index is 0.487. The van der Waals surface area contributed by atoms with Crippen LogP contribution in [0.5, 0.6) is 17.2 Å². The quantitative estimate of drug-likeness (QED) is 0.619. The highest BCUT2D eigenvalue weighted by Crippen LogP contribution is 2.42. The van der Waals surface area contributed by atoms with Gasteiger partial charge in [0, 0.05) is 12.6 Å². The van der Waals surface area contributed by atoms with Gasteiger partial charge in [0.05, 0.1) is 26.7 Å². The minimum Gasteiger partial charge on any atom is -0.493 e. The zero-order valence-corrected chi connectivity index (χ0v) is 17.2. The van der Waals surface area contributed by atoms with Crippen molar-refractivity contribution in [3.05, 3.63) is 35.4 Å². The maximum absolute atomic E-state index is 9.42. The summed E-state index contributed by atoms with van der Waals surface area (Å²) in [5.41, 5.74) is 1.57. The number of hydrogen-bond donors (Lipinski definition) is 0. The normalized spacial score (nSPS) is 10.4. The van der Waals surface area contributed by atoms with Crippen LogP contribution in [0.4, 0.5) is 5.82 Å². The van der Waals surface area contributed by atoms with E-state index in [0.29, 0.717) is 39.3 Å². The lowest BCUT2D eigenvalue weighted by atomic mass is 10.1. The molecule has 144 valence electrons. The fourth-order valence-electron chi connectivity index (χ4n) is 2.91. The molecule has 3 rings (SSSR count). The second kappa shape index (κ2) is 7.74. The molecule has 0 bridgehead atoms. The Labute approximate surface area is 167 Å². The summed E-state index contributed by atoms with van der Waals surface area (Å²) in [5.74, 6) is 2.69. The van der Waals surface area contributed by atoms with E-state index in [0.717, 1.165) is 15.8 Å². The Morgan fingerprint density at radius 2 is 1.79 bits per heavy atom. The highest BCUT2D eigenvalue weighted by molar-refractivity contribution is 7.19. The lowest BCUT2D eigenvalue weighted by molar-refractivity contribution is 0.324. The van der Waals surface area contributed by atoms with Crippen LogP contribution in [0.15, 0.2) is 24.9 Å². The molecule has 8 heteroatoms. The van der Waals surface area contributed by atoms with Crippen LogP contribution in [-0.4, -0.2) is 38.3 Å². The van der Waals surface area contributed by atoms with Gasteiger partial charge in [0.2, 0.25) is 5.75 Å². The van der Waals surface area contributed by atoms with Crippen LogP contribution in [0.1, 0.15) is 10.4 Å². The Hall–Kier alpha value is -3.31. The topological polar surface area (TPSA) is 80.5 Å². The highest BCUT2D eigenvalue weighted by Gasteiger charge is 2.21. The summed E-state index contributed by atoms with van der Waals surface area (Å²) in [6.45, 7) is 5.73. The molecule has 2 heterocycles. The maximum atomic E-state index is 9.42. The molecule has 0 aliphatic carbocycles. The Morgan fingerprint density at radius 3 is 2.29 bits per heavy atom. The van der Waals surface area contributed by atoms with Crippen LogP contribution in [0, 0.1) is 18.3 Å². The zero-order valence-electron chi connectivity index (χ0n) is 16.4. The average Bonchev–Trinajstić information content (AvgIpc) is 3.06. The standard InChI is InChI=1S/C20H20N4O3S/c1-7-24(3)19-16-11(2)15(10-21)28-20(16)23-18(22-19)12-8-13(25-4)17(27-6)14(9-12)26-5/h7-9H,1H2,2-6H3. The molecular formula is C20H20N4O3S. The van der Waals surface area contributed by atoms with Gasteiger partial charge in [-0.3, -0.25) is 0 Å².